The monoisotopic (exact) mass is 355 g/mol. The van der Waals surface area contributed by atoms with E-state index in [-0.39, 0.29) is 11.3 Å². The molecule has 1 unspecified atom stereocenters. The van der Waals surface area contributed by atoms with Gasteiger partial charge in [-0.1, -0.05) is 11.6 Å². The van der Waals surface area contributed by atoms with Crippen molar-refractivity contribution in [3.63, 3.8) is 0 Å². The molecule has 1 aliphatic rings. The molecule has 2 nitrogen and oxygen atoms in total. The van der Waals surface area contributed by atoms with Gasteiger partial charge in [-0.3, -0.25) is 4.79 Å². The van der Waals surface area contributed by atoms with Crippen LogP contribution >= 0.6 is 45.8 Å². The summed E-state index contributed by atoms with van der Waals surface area (Å²) in [6.45, 7) is 0.566. The number of hydrogen-bond acceptors (Lipinski definition) is 1. The molecule has 15 heavy (non-hydrogen) atoms. The molecule has 1 fully saturated rings. The Hall–Kier alpha value is -0.000000000000000111. The van der Waals surface area contributed by atoms with E-state index in [1.54, 1.807) is 11.0 Å². The smallest absolute Gasteiger partial charge is 0.228 e. The fourth-order valence-corrected chi connectivity index (χ4v) is 2.65. The van der Waals surface area contributed by atoms with Crippen LogP contribution in [0.15, 0.2) is 18.2 Å². The molecule has 80 valence electrons. The van der Waals surface area contributed by atoms with Gasteiger partial charge in [-0.05, 0) is 40.8 Å². The molecule has 1 atom stereocenters. The third-order valence-electron chi connectivity index (χ3n) is 2.28. The minimum atomic E-state index is -0.0905. The maximum absolute atomic E-state index is 11.6. The second kappa shape index (κ2) is 4.47. The Kier molecular flexibility index (Phi) is 3.42. The van der Waals surface area contributed by atoms with Crippen molar-refractivity contribution in [2.24, 2.45) is 0 Å². The predicted octanol–water partition coefficient (Wildman–Crippen LogP) is 3.29. The molecule has 1 aliphatic heterocycles. The Morgan fingerprint density at radius 1 is 1.47 bits per heavy atom. The highest BCUT2D eigenvalue weighted by atomic mass is 127. The van der Waals surface area contributed by atoms with Gasteiger partial charge in [0.25, 0.3) is 0 Å². The van der Waals surface area contributed by atoms with Gasteiger partial charge in [0.2, 0.25) is 5.91 Å². The predicted molar refractivity (Wildman–Crippen MR) is 70.8 cm³/mol. The van der Waals surface area contributed by atoms with E-state index < -0.39 is 0 Å². The number of rotatable bonds is 1. The van der Waals surface area contributed by atoms with Crippen LogP contribution in [0.4, 0.5) is 5.69 Å². The van der Waals surface area contributed by atoms with Gasteiger partial charge in [-0.2, -0.15) is 0 Å². The van der Waals surface area contributed by atoms with E-state index in [1.165, 1.54) is 0 Å². The summed E-state index contributed by atoms with van der Waals surface area (Å²) in [5.74, 6) is 0.0650. The lowest BCUT2D eigenvalue weighted by molar-refractivity contribution is -0.117. The van der Waals surface area contributed by atoms with Gasteiger partial charge in [0.05, 0.1) is 11.1 Å². The van der Waals surface area contributed by atoms with Gasteiger partial charge in [-0.25, -0.2) is 0 Å². The first-order valence-corrected chi connectivity index (χ1v) is 6.36. The molecule has 1 heterocycles. The summed E-state index contributed by atoms with van der Waals surface area (Å²) >= 11 is 14.0. The van der Waals surface area contributed by atoms with Gasteiger partial charge >= 0.3 is 0 Å². The number of carbonyl (C=O) groups is 1. The van der Waals surface area contributed by atoms with Crippen LogP contribution in [0.5, 0.6) is 0 Å². The molecule has 0 N–H and O–H groups in total. The summed E-state index contributed by atoms with van der Waals surface area (Å²) in [4.78, 5) is 13.3. The number of alkyl halides is 1. The van der Waals surface area contributed by atoms with Crippen LogP contribution in [0.2, 0.25) is 5.02 Å². The van der Waals surface area contributed by atoms with Crippen molar-refractivity contribution in [3.05, 3.63) is 26.8 Å². The highest BCUT2D eigenvalue weighted by Gasteiger charge is 2.30. The van der Waals surface area contributed by atoms with E-state index in [2.05, 4.69) is 22.6 Å². The summed E-state index contributed by atoms with van der Waals surface area (Å²) in [6, 6.07) is 5.51. The van der Waals surface area contributed by atoms with Crippen LogP contribution in [-0.4, -0.2) is 17.8 Å². The maximum Gasteiger partial charge on any atom is 0.228 e. The molecule has 1 aromatic carbocycles. The van der Waals surface area contributed by atoms with Crippen LogP contribution in [0.1, 0.15) is 6.42 Å². The normalized spacial score (nSPS) is 21.1. The quantitative estimate of drug-likeness (QED) is 0.559. The molecule has 0 bridgehead atoms. The van der Waals surface area contributed by atoms with Gasteiger partial charge < -0.3 is 4.90 Å². The first kappa shape index (κ1) is 11.5. The van der Waals surface area contributed by atoms with Crippen molar-refractivity contribution >= 4 is 57.4 Å². The molecule has 2 rings (SSSR count). The minimum Gasteiger partial charge on any atom is -0.310 e. The van der Waals surface area contributed by atoms with Crippen molar-refractivity contribution in [3.8, 4) is 0 Å². The second-order valence-corrected chi connectivity index (χ2v) is 5.62. The zero-order valence-electron chi connectivity index (χ0n) is 7.71. The number of hydrogen-bond donors (Lipinski definition) is 0. The SMILES string of the molecule is O=C1CC(Cl)CN1c1cc(Cl)ccc1I. The largest absolute Gasteiger partial charge is 0.310 e. The van der Waals surface area contributed by atoms with Gasteiger partial charge in [0, 0.05) is 21.6 Å². The number of carbonyl (C=O) groups excluding carboxylic acids is 1. The molecule has 1 aromatic rings. The van der Waals surface area contributed by atoms with Gasteiger partial charge in [-0.15, -0.1) is 11.6 Å². The number of amides is 1. The van der Waals surface area contributed by atoms with Crippen molar-refractivity contribution in [1.29, 1.82) is 0 Å². The van der Waals surface area contributed by atoms with Crippen LogP contribution < -0.4 is 4.90 Å². The standard InChI is InChI=1S/C10H8Cl2INO/c11-6-1-2-8(13)9(3-6)14-5-7(12)4-10(14)15/h1-3,7H,4-5H2. The summed E-state index contributed by atoms with van der Waals surface area (Å²) in [7, 11) is 0. The number of anilines is 1. The Labute approximate surface area is 112 Å². The topological polar surface area (TPSA) is 20.3 Å². The summed E-state index contributed by atoms with van der Waals surface area (Å²) < 4.78 is 1.01. The molecular formula is C10H8Cl2INO. The number of benzene rings is 1. The zero-order chi connectivity index (χ0) is 11.0. The summed E-state index contributed by atoms with van der Waals surface area (Å²) in [6.07, 6.45) is 0.407. The van der Waals surface area contributed by atoms with Crippen LogP contribution in [-0.2, 0) is 4.79 Å². The average molecular weight is 356 g/mol. The van der Waals surface area contributed by atoms with E-state index in [0.29, 0.717) is 18.0 Å². The number of nitrogens with zero attached hydrogens (tertiary/aromatic N) is 1. The number of halogens is 3. The third-order valence-corrected chi connectivity index (χ3v) is 3.72. The Morgan fingerprint density at radius 3 is 2.80 bits per heavy atom. The Bertz CT molecular complexity index is 410. The maximum atomic E-state index is 11.6. The molecule has 0 aliphatic carbocycles. The first-order valence-electron chi connectivity index (χ1n) is 4.47. The zero-order valence-corrected chi connectivity index (χ0v) is 11.4. The highest BCUT2D eigenvalue weighted by Crippen LogP contribution is 2.30. The fraction of sp³-hybridized carbons (Fsp3) is 0.300. The van der Waals surface area contributed by atoms with E-state index in [0.717, 1.165) is 9.26 Å². The lowest BCUT2D eigenvalue weighted by Crippen LogP contribution is -2.25. The average Bonchev–Trinajstić information content (AvgIpc) is 2.50. The van der Waals surface area contributed by atoms with Gasteiger partial charge in [0.15, 0.2) is 0 Å². The van der Waals surface area contributed by atoms with Crippen molar-refractivity contribution in [2.75, 3.05) is 11.4 Å². The molecule has 5 heteroatoms. The highest BCUT2D eigenvalue weighted by molar-refractivity contribution is 14.1. The lowest BCUT2D eigenvalue weighted by Gasteiger charge is -2.17. The van der Waals surface area contributed by atoms with Crippen LogP contribution in [0, 0.1) is 3.57 Å². The lowest BCUT2D eigenvalue weighted by atomic mass is 10.3. The van der Waals surface area contributed by atoms with E-state index in [1.807, 2.05) is 12.1 Å². The van der Waals surface area contributed by atoms with E-state index in [4.69, 9.17) is 23.2 Å². The Morgan fingerprint density at radius 2 is 2.20 bits per heavy atom. The molecule has 0 spiro atoms. The van der Waals surface area contributed by atoms with Crippen molar-refractivity contribution in [1.82, 2.24) is 0 Å². The van der Waals surface area contributed by atoms with Crippen molar-refractivity contribution < 1.29 is 4.79 Å². The second-order valence-electron chi connectivity index (χ2n) is 3.40. The minimum absolute atomic E-state index is 0.0650. The third kappa shape index (κ3) is 2.40. The van der Waals surface area contributed by atoms with Crippen LogP contribution in [0.3, 0.4) is 0 Å². The van der Waals surface area contributed by atoms with E-state index in [9.17, 15) is 4.79 Å². The molecular weight excluding hydrogens is 348 g/mol. The van der Waals surface area contributed by atoms with Crippen LogP contribution in [0.25, 0.3) is 0 Å². The van der Waals surface area contributed by atoms with Crippen molar-refractivity contribution in [2.45, 2.75) is 11.8 Å². The Balaban J connectivity index is 2.37. The van der Waals surface area contributed by atoms with E-state index >= 15 is 0 Å². The first-order chi connectivity index (χ1) is 7.08. The molecule has 0 radical (unpaired) electrons. The fourth-order valence-electron chi connectivity index (χ4n) is 1.59. The summed E-state index contributed by atoms with van der Waals surface area (Å²) in [5.41, 5.74) is 0.858. The van der Waals surface area contributed by atoms with Gasteiger partial charge in [0.1, 0.15) is 0 Å². The summed E-state index contributed by atoms with van der Waals surface area (Å²) in [5, 5.41) is 0.545. The molecule has 0 saturated carbocycles. The molecule has 0 aromatic heterocycles. The molecule has 1 saturated heterocycles. The molecule has 1 amide bonds.